The number of carbonyl (C=O) groups is 1. The zero-order chi connectivity index (χ0) is 17.8. The summed E-state index contributed by atoms with van der Waals surface area (Å²) in [7, 11) is 0. The SMILES string of the molecule is Cc1ccc(C(=O)N2CCN(c3ccc(NC(N)=S)cc3)CC2)cc1. The molecule has 3 N–H and O–H groups in total. The summed E-state index contributed by atoms with van der Waals surface area (Å²) in [4.78, 5) is 16.8. The van der Waals surface area contributed by atoms with Crippen LogP contribution in [-0.4, -0.2) is 42.1 Å². The minimum Gasteiger partial charge on any atom is -0.376 e. The lowest BCUT2D eigenvalue weighted by Gasteiger charge is -2.36. The van der Waals surface area contributed by atoms with Crippen molar-refractivity contribution in [2.24, 2.45) is 5.73 Å². The second kappa shape index (κ2) is 7.53. The molecule has 0 atom stereocenters. The Labute approximate surface area is 153 Å². The smallest absolute Gasteiger partial charge is 0.253 e. The summed E-state index contributed by atoms with van der Waals surface area (Å²) in [5.41, 5.74) is 9.41. The Bertz CT molecular complexity index is 750. The Morgan fingerprint density at radius 1 is 1.00 bits per heavy atom. The number of nitrogens with one attached hydrogen (secondary N) is 1. The molecule has 0 spiro atoms. The van der Waals surface area contributed by atoms with Gasteiger partial charge < -0.3 is 20.9 Å². The molecule has 0 aliphatic carbocycles. The molecule has 2 aromatic rings. The molecule has 0 saturated carbocycles. The molecule has 0 unspecified atom stereocenters. The van der Waals surface area contributed by atoms with Crippen molar-refractivity contribution in [3.63, 3.8) is 0 Å². The summed E-state index contributed by atoms with van der Waals surface area (Å²) in [5.74, 6) is 0.107. The minimum atomic E-state index is 0.107. The second-order valence-electron chi connectivity index (χ2n) is 6.18. The molecule has 1 saturated heterocycles. The van der Waals surface area contributed by atoms with E-state index >= 15 is 0 Å². The fraction of sp³-hybridized carbons (Fsp3) is 0.263. The van der Waals surface area contributed by atoms with Gasteiger partial charge in [0.1, 0.15) is 0 Å². The summed E-state index contributed by atoms with van der Waals surface area (Å²) < 4.78 is 0. The van der Waals surface area contributed by atoms with Gasteiger partial charge in [-0.25, -0.2) is 0 Å². The van der Waals surface area contributed by atoms with Gasteiger partial charge in [-0.05, 0) is 55.5 Å². The summed E-state index contributed by atoms with van der Waals surface area (Å²) in [6, 6.07) is 15.8. The Kier molecular flexibility index (Phi) is 5.19. The molecule has 3 rings (SSSR count). The van der Waals surface area contributed by atoms with Gasteiger partial charge in [0, 0.05) is 43.1 Å². The third kappa shape index (κ3) is 4.28. The molecule has 0 bridgehead atoms. The van der Waals surface area contributed by atoms with Gasteiger partial charge in [0.05, 0.1) is 0 Å². The van der Waals surface area contributed by atoms with Gasteiger partial charge in [-0.2, -0.15) is 0 Å². The van der Waals surface area contributed by atoms with Crippen molar-refractivity contribution < 1.29 is 4.79 Å². The predicted molar refractivity (Wildman–Crippen MR) is 106 cm³/mol. The fourth-order valence-electron chi connectivity index (χ4n) is 2.94. The summed E-state index contributed by atoms with van der Waals surface area (Å²) in [5, 5.41) is 3.18. The number of carbonyl (C=O) groups excluding carboxylic acids is 1. The lowest BCUT2D eigenvalue weighted by atomic mass is 10.1. The molecule has 130 valence electrons. The van der Waals surface area contributed by atoms with E-state index in [9.17, 15) is 4.79 Å². The monoisotopic (exact) mass is 354 g/mol. The van der Waals surface area contributed by atoms with Crippen molar-refractivity contribution in [2.75, 3.05) is 36.4 Å². The van der Waals surface area contributed by atoms with Crippen LogP contribution in [0.15, 0.2) is 48.5 Å². The van der Waals surface area contributed by atoms with Crippen LogP contribution in [0.1, 0.15) is 15.9 Å². The van der Waals surface area contributed by atoms with Crippen LogP contribution in [0.3, 0.4) is 0 Å². The largest absolute Gasteiger partial charge is 0.376 e. The van der Waals surface area contributed by atoms with Crippen LogP contribution >= 0.6 is 12.2 Å². The number of thiocarbonyl (C=S) groups is 1. The number of aryl methyl sites for hydroxylation is 1. The second-order valence-corrected chi connectivity index (χ2v) is 6.62. The predicted octanol–water partition coefficient (Wildman–Crippen LogP) is 2.61. The van der Waals surface area contributed by atoms with E-state index in [0.29, 0.717) is 0 Å². The number of rotatable bonds is 3. The minimum absolute atomic E-state index is 0.107. The van der Waals surface area contributed by atoms with Gasteiger partial charge >= 0.3 is 0 Å². The average Bonchev–Trinajstić information content (AvgIpc) is 2.62. The maximum Gasteiger partial charge on any atom is 0.253 e. The molecule has 1 aliphatic heterocycles. The molecule has 25 heavy (non-hydrogen) atoms. The van der Waals surface area contributed by atoms with Crippen LogP contribution < -0.4 is 16.0 Å². The summed E-state index contributed by atoms with van der Waals surface area (Å²) in [6.45, 7) is 5.10. The van der Waals surface area contributed by atoms with E-state index in [2.05, 4.69) is 10.2 Å². The molecule has 0 aromatic heterocycles. The van der Waals surface area contributed by atoms with Crippen molar-refractivity contribution in [3.8, 4) is 0 Å². The standard InChI is InChI=1S/C19H22N4OS/c1-14-2-4-15(5-3-14)18(24)23-12-10-22(11-13-23)17-8-6-16(7-9-17)21-19(20)25/h2-9H,10-13H2,1H3,(H3,20,21,25). The molecule has 5 nitrogen and oxygen atoms in total. The quantitative estimate of drug-likeness (QED) is 0.830. The lowest BCUT2D eigenvalue weighted by molar-refractivity contribution is 0.0747. The number of amides is 1. The Morgan fingerprint density at radius 3 is 2.16 bits per heavy atom. The first-order valence-corrected chi connectivity index (χ1v) is 8.71. The highest BCUT2D eigenvalue weighted by atomic mass is 32.1. The van der Waals surface area contributed by atoms with Gasteiger partial charge in [-0.1, -0.05) is 17.7 Å². The van der Waals surface area contributed by atoms with Crippen molar-refractivity contribution in [1.82, 2.24) is 4.90 Å². The van der Waals surface area contributed by atoms with Crippen molar-refractivity contribution in [2.45, 2.75) is 6.92 Å². The lowest BCUT2D eigenvalue weighted by Crippen LogP contribution is -2.48. The molecule has 1 heterocycles. The first-order valence-electron chi connectivity index (χ1n) is 8.30. The van der Waals surface area contributed by atoms with Gasteiger partial charge in [-0.3, -0.25) is 4.79 Å². The number of hydrogen-bond donors (Lipinski definition) is 2. The normalized spacial score (nSPS) is 14.3. The van der Waals surface area contributed by atoms with Gasteiger partial charge in [-0.15, -0.1) is 0 Å². The number of nitrogens with zero attached hydrogens (tertiary/aromatic N) is 2. The van der Waals surface area contributed by atoms with Gasteiger partial charge in [0.25, 0.3) is 5.91 Å². The third-order valence-corrected chi connectivity index (χ3v) is 4.47. The van der Waals surface area contributed by atoms with Crippen molar-refractivity contribution >= 4 is 34.6 Å². The van der Waals surface area contributed by atoms with Crippen LogP contribution in [0, 0.1) is 6.92 Å². The molecule has 1 fully saturated rings. The van der Waals surface area contributed by atoms with E-state index in [0.717, 1.165) is 48.7 Å². The van der Waals surface area contributed by atoms with Crippen molar-refractivity contribution in [3.05, 3.63) is 59.7 Å². The molecule has 1 aliphatic rings. The highest BCUT2D eigenvalue weighted by Gasteiger charge is 2.22. The van der Waals surface area contributed by atoms with Crippen LogP contribution in [0.2, 0.25) is 0 Å². The Balaban J connectivity index is 1.58. The molecular weight excluding hydrogens is 332 g/mol. The van der Waals surface area contributed by atoms with Crippen LogP contribution in [0.4, 0.5) is 11.4 Å². The van der Waals surface area contributed by atoms with Crippen LogP contribution in [0.5, 0.6) is 0 Å². The first kappa shape index (κ1) is 17.2. The van der Waals surface area contributed by atoms with Crippen LogP contribution in [0.25, 0.3) is 0 Å². The highest BCUT2D eigenvalue weighted by Crippen LogP contribution is 2.20. The zero-order valence-electron chi connectivity index (χ0n) is 14.2. The highest BCUT2D eigenvalue weighted by molar-refractivity contribution is 7.80. The number of nitrogens with two attached hydrogens (primary N) is 1. The molecular formula is C19H22N4OS. The summed E-state index contributed by atoms with van der Waals surface area (Å²) in [6.07, 6.45) is 0. The van der Waals surface area contributed by atoms with E-state index in [-0.39, 0.29) is 11.0 Å². The third-order valence-electron chi connectivity index (χ3n) is 4.37. The Morgan fingerprint density at radius 2 is 1.60 bits per heavy atom. The molecule has 6 heteroatoms. The topological polar surface area (TPSA) is 61.6 Å². The van der Waals surface area contributed by atoms with E-state index in [4.69, 9.17) is 18.0 Å². The van der Waals surface area contributed by atoms with Crippen LogP contribution in [-0.2, 0) is 0 Å². The first-order chi connectivity index (χ1) is 12.0. The number of anilines is 2. The number of benzene rings is 2. The number of hydrogen-bond acceptors (Lipinski definition) is 3. The van der Waals surface area contributed by atoms with E-state index in [1.165, 1.54) is 0 Å². The van der Waals surface area contributed by atoms with E-state index in [1.54, 1.807) is 0 Å². The average molecular weight is 354 g/mol. The maximum absolute atomic E-state index is 12.6. The summed E-state index contributed by atoms with van der Waals surface area (Å²) >= 11 is 4.84. The molecule has 1 amide bonds. The van der Waals surface area contributed by atoms with Crippen molar-refractivity contribution in [1.29, 1.82) is 0 Å². The number of piperazine rings is 1. The van der Waals surface area contributed by atoms with Gasteiger partial charge in [0.15, 0.2) is 5.11 Å². The van der Waals surface area contributed by atoms with Gasteiger partial charge in [0.2, 0.25) is 0 Å². The zero-order valence-corrected chi connectivity index (χ0v) is 15.1. The van der Waals surface area contributed by atoms with E-state index in [1.807, 2.05) is 60.4 Å². The Hall–Kier alpha value is -2.60. The molecule has 2 aromatic carbocycles. The maximum atomic E-state index is 12.6. The fourth-order valence-corrected chi connectivity index (χ4v) is 3.06. The molecule has 0 radical (unpaired) electrons. The van der Waals surface area contributed by atoms with E-state index < -0.39 is 0 Å².